The Balaban J connectivity index is -0.000000113. The molecule has 0 aromatic carbocycles. The number of hydrogen-bond donors (Lipinski definition) is 0. The summed E-state index contributed by atoms with van der Waals surface area (Å²) in [6, 6.07) is 0. The van der Waals surface area contributed by atoms with Crippen LogP contribution in [0.4, 0.5) is 12.9 Å². The summed E-state index contributed by atoms with van der Waals surface area (Å²) in [6.45, 7) is 49.4. The predicted octanol–water partition coefficient (Wildman–Crippen LogP) is 13.3. The van der Waals surface area contributed by atoms with Crippen molar-refractivity contribution in [2.45, 2.75) is 188 Å². The molecule has 1 aliphatic rings. The summed E-state index contributed by atoms with van der Waals surface area (Å²) in [7, 11) is -5.76. The molecule has 1 unspecified atom stereocenters. The van der Waals surface area contributed by atoms with Gasteiger partial charge in [0.25, 0.3) is 0 Å². The van der Waals surface area contributed by atoms with E-state index in [1.807, 2.05) is 13.1 Å². The third-order valence-corrected chi connectivity index (χ3v) is 27.4. The van der Waals surface area contributed by atoms with E-state index < -0.39 is 14.7 Å². The molecular weight excluding hydrogens is 844 g/mol. The van der Waals surface area contributed by atoms with Crippen LogP contribution in [0.15, 0.2) is 24.3 Å². The summed E-state index contributed by atoms with van der Waals surface area (Å²) < 4.78 is 29.0. The Hall–Kier alpha value is 1.89. The second-order valence-corrected chi connectivity index (χ2v) is 33.9. The predicted molar refractivity (Wildman–Crippen MR) is 248 cm³/mol. The maximum Gasteiger partial charge on any atom is 3.00 e. The van der Waals surface area contributed by atoms with Crippen LogP contribution < -0.4 is 4.70 Å². The van der Waals surface area contributed by atoms with Gasteiger partial charge in [0, 0.05) is 22.0 Å². The van der Waals surface area contributed by atoms with Crippen molar-refractivity contribution in [2.75, 3.05) is 18.7 Å². The zero-order chi connectivity index (χ0) is 39.2. The topological polar surface area (TPSA) is 0 Å². The van der Waals surface area contributed by atoms with Gasteiger partial charge in [0.15, 0.2) is 5.90 Å². The van der Waals surface area contributed by atoms with Crippen LogP contribution >= 0.6 is 45.9 Å². The molecule has 0 spiro atoms. The first-order valence-electron chi connectivity index (χ1n) is 17.8. The summed E-state index contributed by atoms with van der Waals surface area (Å²) in [6.07, 6.45) is 17.1. The first-order chi connectivity index (χ1) is 21.1. The second-order valence-electron chi connectivity index (χ2n) is 19.8. The van der Waals surface area contributed by atoms with E-state index in [2.05, 4.69) is 163 Å². The largest absolute Gasteiger partial charge is 3.00 e. The smallest absolute Gasteiger partial charge is 1.00 e. The molecule has 1 aliphatic carbocycles. The van der Waals surface area contributed by atoms with Gasteiger partial charge in [-0.05, 0) is 147 Å². The fourth-order valence-corrected chi connectivity index (χ4v) is 24.2. The average molecular weight is 928 g/mol. The van der Waals surface area contributed by atoms with Crippen molar-refractivity contribution in [3.63, 3.8) is 0 Å². The van der Waals surface area contributed by atoms with Gasteiger partial charge in [-0.1, -0.05) is 52.0 Å². The molecule has 2 radical (unpaired) electrons. The minimum absolute atomic E-state index is 0. The van der Waals surface area contributed by atoms with Crippen LogP contribution in [0.1, 0.15) is 157 Å². The molecule has 0 N–H and O–H groups in total. The molecule has 0 fully saturated rings. The normalized spacial score (nSPS) is 16.1. The Morgan fingerprint density at radius 2 is 0.885 bits per heavy atom. The summed E-state index contributed by atoms with van der Waals surface area (Å²) >= 11 is 12.8. The molecule has 312 valence electrons. The minimum Gasteiger partial charge on any atom is -1.00 e. The van der Waals surface area contributed by atoms with Crippen LogP contribution in [0.5, 0.6) is 0 Å². The maximum absolute atomic E-state index is 9.67. The van der Waals surface area contributed by atoms with Crippen LogP contribution in [0.3, 0.4) is 0 Å². The summed E-state index contributed by atoms with van der Waals surface area (Å²) in [4.78, 5) is 0. The van der Waals surface area contributed by atoms with Crippen molar-refractivity contribution in [1.29, 1.82) is 0 Å². The summed E-state index contributed by atoms with van der Waals surface area (Å²) in [5, 5.41) is 1.89. The van der Waals surface area contributed by atoms with Crippen molar-refractivity contribution in [1.82, 2.24) is 0 Å². The van der Waals surface area contributed by atoms with Gasteiger partial charge < -0.3 is 19.6 Å². The van der Waals surface area contributed by atoms with E-state index in [1.165, 1.54) is 31.6 Å². The van der Waals surface area contributed by atoms with Crippen molar-refractivity contribution >= 4 is 66.6 Å². The molecule has 0 heterocycles. The molecule has 0 saturated heterocycles. The number of allylic oxidation sites excluding steroid dienone is 4. The molecule has 0 nitrogen and oxygen atoms in total. The fraction of sp³-hybridized carbons (Fsp3) is 0.846. The molecule has 52 heavy (non-hydrogen) atoms. The van der Waals surface area contributed by atoms with E-state index in [-0.39, 0.29) is 75.9 Å². The second kappa shape index (κ2) is 28.3. The number of hydrogen-bond acceptors (Lipinski definition) is 0. The molecule has 0 saturated carbocycles. The molecule has 0 aromatic rings. The molecule has 2 atom stereocenters. The van der Waals surface area contributed by atoms with E-state index >= 15 is 0 Å². The standard InChI is InChI=1S/C15H32B2Cl2P.C14H32P2.C8H12.2CH3.BF3.FH.Rh/c1-12(2,3)15(10,16-18)11-20(17-19,13(4,5)6)14(7,8)9;1-12(2,3)15(10)11-16(13(4,5)6)14(7,8)9;1-2-4-6-8-7-5-3-1;;;2-1(3)4;;/h11H2,1-10H3;11H2,1-10H3;1-2,7-8H,3-6H2;2*1H3;;1H;/q+1;;;2*-1;;;+3/p+1/b;;2-1-,8-7?;;;;;/t15-;;;;;;;/m1......./s1. The van der Waals surface area contributed by atoms with Gasteiger partial charge in [0.1, 0.15) is 0 Å². The van der Waals surface area contributed by atoms with Crippen LogP contribution in [-0.2, 0) is 19.5 Å². The number of halogens is 6. The Morgan fingerprint density at radius 3 is 1.04 bits per heavy atom. The van der Waals surface area contributed by atoms with Crippen LogP contribution in [0.2, 0.25) is 5.31 Å². The Labute approximate surface area is 353 Å². The third-order valence-electron chi connectivity index (χ3n) is 9.96. The summed E-state index contributed by atoms with van der Waals surface area (Å²) in [5.74, 6) is 1.53. The van der Waals surface area contributed by atoms with Gasteiger partial charge >= 0.3 is 33.4 Å². The molecule has 0 amide bonds. The first-order valence-corrected chi connectivity index (χ1v) is 24.6. The van der Waals surface area contributed by atoms with Gasteiger partial charge in [-0.2, -0.15) is 0 Å². The first kappa shape index (κ1) is 68.6. The van der Waals surface area contributed by atoms with Crippen LogP contribution in [-0.4, -0.2) is 65.2 Å². The zero-order valence-electron chi connectivity index (χ0n) is 37.8. The molecule has 0 bridgehead atoms. The van der Waals surface area contributed by atoms with Crippen molar-refractivity contribution in [3.05, 3.63) is 39.2 Å². The van der Waals surface area contributed by atoms with Gasteiger partial charge in [-0.3, -0.25) is 12.9 Å². The Morgan fingerprint density at radius 1 is 0.615 bits per heavy atom. The van der Waals surface area contributed by atoms with E-state index in [0.717, 1.165) is 6.16 Å². The minimum atomic E-state index is -3.67. The Kier molecular flexibility index (Phi) is 37.4. The molecule has 1 rings (SSSR count). The van der Waals surface area contributed by atoms with Gasteiger partial charge in [0.2, 0.25) is 6.69 Å². The molecule has 0 aliphatic heterocycles. The van der Waals surface area contributed by atoms with E-state index in [0.29, 0.717) is 15.5 Å². The van der Waals surface area contributed by atoms with Crippen molar-refractivity contribution in [2.24, 2.45) is 5.41 Å². The zero-order valence-corrected chi connectivity index (χ0v) is 43.9. The fourth-order valence-electron chi connectivity index (χ4n) is 5.80. The van der Waals surface area contributed by atoms with Gasteiger partial charge in [0.05, 0.1) is 32.4 Å². The third kappa shape index (κ3) is 26.7. The van der Waals surface area contributed by atoms with E-state index in [1.54, 1.807) is 0 Å². The number of rotatable bonds is 6. The van der Waals surface area contributed by atoms with E-state index in [4.69, 9.17) is 22.9 Å². The Bertz CT molecular complexity index is 879. The van der Waals surface area contributed by atoms with E-state index in [9.17, 15) is 12.9 Å². The molecular formula is C39H84B3Cl2F4P3Rh+3. The van der Waals surface area contributed by atoms with Gasteiger partial charge in [-0.25, -0.2) is 11.5 Å². The average Bonchev–Trinajstić information content (AvgIpc) is 2.81. The quantitative estimate of drug-likeness (QED) is 0.0819. The van der Waals surface area contributed by atoms with Crippen molar-refractivity contribution < 1.29 is 37.1 Å². The van der Waals surface area contributed by atoms with Crippen LogP contribution in [0.25, 0.3) is 0 Å². The maximum atomic E-state index is 9.67. The van der Waals surface area contributed by atoms with Crippen molar-refractivity contribution in [3.8, 4) is 0 Å². The van der Waals surface area contributed by atoms with Gasteiger partial charge in [-0.15, -0.1) is 11.5 Å². The molecule has 13 heteroatoms. The van der Waals surface area contributed by atoms with Crippen LogP contribution in [0, 0.1) is 20.3 Å². The SMILES string of the molecule is C1=CCC/C=C\CC1.CC(C)(C)[C@](C)([B]Cl)C[P+]([B]Cl)(C(C)(C)C)C(C)(C)C.C[PH+](C[PH+](C(C)(C)C)C(C)(C)C)C(C)(C)C.FB(F)F.[CH3-].[CH3-].[F-].[Rh+3]. The monoisotopic (exact) mass is 927 g/mol. The molecule has 0 aromatic heterocycles. The summed E-state index contributed by atoms with van der Waals surface area (Å²) in [5.41, 5.74) is 0.108.